The van der Waals surface area contributed by atoms with E-state index in [0.29, 0.717) is 17.7 Å². The topological polar surface area (TPSA) is 131 Å². The molecule has 0 aromatic heterocycles. The zero-order valence-corrected chi connectivity index (χ0v) is 26.0. The van der Waals surface area contributed by atoms with Crippen molar-refractivity contribution in [1.82, 2.24) is 10.2 Å². The average Bonchev–Trinajstić information content (AvgIpc) is 2.92. The second kappa shape index (κ2) is 14.7. The fraction of sp³-hybridized carbons (Fsp3) is 0.412. The van der Waals surface area contributed by atoms with Crippen molar-refractivity contribution >= 4 is 40.3 Å². The van der Waals surface area contributed by atoms with Crippen LogP contribution in [0.25, 0.3) is 10.8 Å². The summed E-state index contributed by atoms with van der Waals surface area (Å²) in [5, 5.41) is 7.69. The van der Waals surface area contributed by atoms with Gasteiger partial charge in [-0.15, -0.1) is 0 Å². The second-order valence-electron chi connectivity index (χ2n) is 11.8. The van der Waals surface area contributed by atoms with Gasteiger partial charge in [-0.3, -0.25) is 14.4 Å². The summed E-state index contributed by atoms with van der Waals surface area (Å²) in [6.07, 6.45) is 0.411. The highest BCUT2D eigenvalue weighted by molar-refractivity contribution is 6.01. The number of amides is 4. The molecule has 9 heteroatoms. The summed E-state index contributed by atoms with van der Waals surface area (Å²) in [6.45, 7) is 11.2. The number of fused-ring (bicyclic) bond motifs is 1. The SMILES string of the molecule is CCCCN(C(=O)C(CCC(N)=O)NC(=O)OC(C)(C)C)C(C(=O)Nc1ccc2ccccc2c1)c1c(C)cccc1C. The lowest BCUT2D eigenvalue weighted by Crippen LogP contribution is -2.53. The summed E-state index contributed by atoms with van der Waals surface area (Å²) in [5.41, 5.74) is 7.62. The van der Waals surface area contributed by atoms with Crippen LogP contribution in [-0.2, 0) is 19.1 Å². The molecule has 4 amide bonds. The molecule has 3 aromatic carbocycles. The van der Waals surface area contributed by atoms with E-state index in [2.05, 4.69) is 10.6 Å². The van der Waals surface area contributed by atoms with Crippen molar-refractivity contribution in [3.05, 3.63) is 77.4 Å². The highest BCUT2D eigenvalue weighted by Gasteiger charge is 2.37. The Morgan fingerprint density at radius 1 is 0.930 bits per heavy atom. The van der Waals surface area contributed by atoms with Gasteiger partial charge in [-0.25, -0.2) is 4.79 Å². The molecule has 0 spiro atoms. The third-order valence-corrected chi connectivity index (χ3v) is 7.10. The summed E-state index contributed by atoms with van der Waals surface area (Å²) in [7, 11) is 0. The van der Waals surface area contributed by atoms with Gasteiger partial charge >= 0.3 is 6.09 Å². The highest BCUT2D eigenvalue weighted by atomic mass is 16.6. The predicted octanol–water partition coefficient (Wildman–Crippen LogP) is 5.92. The van der Waals surface area contributed by atoms with Gasteiger partial charge in [-0.2, -0.15) is 0 Å². The van der Waals surface area contributed by atoms with Crippen molar-refractivity contribution in [3.8, 4) is 0 Å². The molecule has 2 unspecified atom stereocenters. The molecule has 3 aromatic rings. The third-order valence-electron chi connectivity index (χ3n) is 7.10. The molecule has 0 radical (unpaired) electrons. The molecule has 43 heavy (non-hydrogen) atoms. The first-order valence-corrected chi connectivity index (χ1v) is 14.7. The molecule has 230 valence electrons. The molecular formula is C34H44N4O5. The molecule has 0 heterocycles. The van der Waals surface area contributed by atoms with E-state index < -0.39 is 35.6 Å². The molecule has 2 atom stereocenters. The van der Waals surface area contributed by atoms with E-state index in [0.717, 1.165) is 28.3 Å². The summed E-state index contributed by atoms with van der Waals surface area (Å²) in [6, 6.07) is 17.1. The maximum Gasteiger partial charge on any atom is 0.408 e. The number of nitrogens with one attached hydrogen (secondary N) is 2. The van der Waals surface area contributed by atoms with Crippen LogP contribution >= 0.6 is 0 Å². The smallest absolute Gasteiger partial charge is 0.408 e. The summed E-state index contributed by atoms with van der Waals surface area (Å²) in [5.74, 6) is -1.49. The van der Waals surface area contributed by atoms with Crippen LogP contribution < -0.4 is 16.4 Å². The van der Waals surface area contributed by atoms with Crippen LogP contribution in [0.1, 0.15) is 76.1 Å². The number of carbonyl (C=O) groups excluding carboxylic acids is 4. The Balaban J connectivity index is 2.08. The molecule has 0 aliphatic heterocycles. The van der Waals surface area contributed by atoms with Gasteiger partial charge in [0.15, 0.2) is 0 Å². The van der Waals surface area contributed by atoms with Crippen LogP contribution in [0.2, 0.25) is 0 Å². The van der Waals surface area contributed by atoms with Gasteiger partial charge in [-0.05, 0) is 87.1 Å². The lowest BCUT2D eigenvalue weighted by Gasteiger charge is -2.35. The number of nitrogens with two attached hydrogens (primary N) is 1. The first-order valence-electron chi connectivity index (χ1n) is 14.7. The molecular weight excluding hydrogens is 544 g/mol. The summed E-state index contributed by atoms with van der Waals surface area (Å²) >= 11 is 0. The van der Waals surface area contributed by atoms with Crippen LogP contribution in [0, 0.1) is 13.8 Å². The number of benzene rings is 3. The van der Waals surface area contributed by atoms with E-state index >= 15 is 0 Å². The number of alkyl carbamates (subject to hydrolysis) is 1. The fourth-order valence-corrected chi connectivity index (χ4v) is 5.05. The van der Waals surface area contributed by atoms with E-state index in [1.807, 2.05) is 81.4 Å². The zero-order chi connectivity index (χ0) is 31.7. The number of hydrogen-bond acceptors (Lipinski definition) is 5. The lowest BCUT2D eigenvalue weighted by atomic mass is 9.93. The summed E-state index contributed by atoms with van der Waals surface area (Å²) in [4.78, 5) is 54.6. The first-order chi connectivity index (χ1) is 20.3. The number of carbonyl (C=O) groups is 4. The van der Waals surface area contributed by atoms with Crippen LogP contribution in [0.5, 0.6) is 0 Å². The van der Waals surface area contributed by atoms with Crippen molar-refractivity contribution in [3.63, 3.8) is 0 Å². The van der Waals surface area contributed by atoms with E-state index in [4.69, 9.17) is 10.5 Å². The largest absolute Gasteiger partial charge is 0.444 e. The van der Waals surface area contributed by atoms with E-state index in [1.54, 1.807) is 20.8 Å². The minimum atomic E-state index is -1.14. The monoisotopic (exact) mass is 588 g/mol. The Morgan fingerprint density at radius 2 is 1.58 bits per heavy atom. The number of unbranched alkanes of at least 4 members (excludes halogenated alkanes) is 1. The van der Waals surface area contributed by atoms with Crippen LogP contribution in [-0.4, -0.2) is 46.9 Å². The maximum atomic E-state index is 14.4. The van der Waals surface area contributed by atoms with Gasteiger partial charge in [0.2, 0.25) is 11.8 Å². The lowest BCUT2D eigenvalue weighted by molar-refractivity contribution is -0.141. The van der Waals surface area contributed by atoms with Gasteiger partial charge in [0, 0.05) is 18.7 Å². The molecule has 0 aliphatic rings. The zero-order valence-electron chi connectivity index (χ0n) is 26.0. The Labute approximate surface area is 254 Å². The number of ether oxygens (including phenoxy) is 1. The van der Waals surface area contributed by atoms with E-state index in [-0.39, 0.29) is 25.3 Å². The number of aryl methyl sites for hydroxylation is 2. The first kappa shape index (κ1) is 33.1. The number of nitrogens with zero attached hydrogens (tertiary/aromatic N) is 1. The number of anilines is 1. The molecule has 3 rings (SSSR count). The van der Waals surface area contributed by atoms with Gasteiger partial charge in [0.25, 0.3) is 5.91 Å². The van der Waals surface area contributed by atoms with Crippen LogP contribution in [0.15, 0.2) is 60.7 Å². The normalized spacial score (nSPS) is 12.7. The number of rotatable bonds is 12. The highest BCUT2D eigenvalue weighted by Crippen LogP contribution is 2.31. The van der Waals surface area contributed by atoms with Crippen molar-refractivity contribution in [2.24, 2.45) is 5.73 Å². The Kier molecular flexibility index (Phi) is 11.3. The second-order valence-corrected chi connectivity index (χ2v) is 11.8. The van der Waals surface area contributed by atoms with Crippen molar-refractivity contribution in [1.29, 1.82) is 0 Å². The third kappa shape index (κ3) is 9.30. The van der Waals surface area contributed by atoms with Gasteiger partial charge < -0.3 is 26.0 Å². The quantitative estimate of drug-likeness (QED) is 0.242. The van der Waals surface area contributed by atoms with Crippen LogP contribution in [0.4, 0.5) is 10.5 Å². The molecule has 0 saturated heterocycles. The minimum Gasteiger partial charge on any atom is -0.444 e. The molecule has 0 saturated carbocycles. The molecule has 0 aliphatic carbocycles. The van der Waals surface area contributed by atoms with Crippen molar-refractivity contribution in [2.45, 2.75) is 84.9 Å². The van der Waals surface area contributed by atoms with E-state index in [9.17, 15) is 19.2 Å². The van der Waals surface area contributed by atoms with Gasteiger partial charge in [0.1, 0.15) is 17.7 Å². The maximum absolute atomic E-state index is 14.4. The Bertz CT molecular complexity index is 1440. The van der Waals surface area contributed by atoms with Crippen molar-refractivity contribution in [2.75, 3.05) is 11.9 Å². The molecule has 0 bridgehead atoms. The summed E-state index contributed by atoms with van der Waals surface area (Å²) < 4.78 is 5.41. The molecule has 9 nitrogen and oxygen atoms in total. The minimum absolute atomic E-state index is 0.0399. The average molecular weight is 589 g/mol. The van der Waals surface area contributed by atoms with Gasteiger partial charge in [0.05, 0.1) is 0 Å². The predicted molar refractivity (Wildman–Crippen MR) is 169 cm³/mol. The number of primary amides is 1. The van der Waals surface area contributed by atoms with Gasteiger partial charge in [-0.1, -0.05) is 61.9 Å². The van der Waals surface area contributed by atoms with Crippen LogP contribution in [0.3, 0.4) is 0 Å². The molecule has 4 N–H and O–H groups in total. The Hall–Kier alpha value is -4.40. The molecule has 0 fully saturated rings. The standard InChI is InChI=1S/C34H44N4O5/c1-7-8-20-38(32(41)27(18-19-28(35)39)37-33(42)43-34(4,5)6)30(29-22(2)12-11-13-23(29)3)31(40)36-26-17-16-24-14-9-10-15-25(24)21-26/h9-17,21,27,30H,7-8,18-20H2,1-6H3,(H2,35,39)(H,36,40)(H,37,42). The Morgan fingerprint density at radius 3 is 2.19 bits per heavy atom. The van der Waals surface area contributed by atoms with Crippen molar-refractivity contribution < 1.29 is 23.9 Å². The fourth-order valence-electron chi connectivity index (χ4n) is 5.05. The number of hydrogen-bond donors (Lipinski definition) is 3. The van der Waals surface area contributed by atoms with E-state index in [1.165, 1.54) is 4.90 Å².